The fourth-order valence-electron chi connectivity index (χ4n) is 5.26. The van der Waals surface area contributed by atoms with E-state index in [1.807, 2.05) is 97.9 Å². The van der Waals surface area contributed by atoms with E-state index >= 15 is 4.57 Å². The molecule has 2 atom stereocenters. The number of ether oxygens (including phenoxy) is 1. The summed E-state index contributed by atoms with van der Waals surface area (Å²) in [4.78, 5) is 28.0. The third kappa shape index (κ3) is 10.3. The maximum atomic E-state index is 15.4. The van der Waals surface area contributed by atoms with Crippen molar-refractivity contribution in [3.05, 3.63) is 70.3 Å². The Morgan fingerprint density at radius 1 is 0.778 bits per heavy atom. The molecule has 0 aliphatic carbocycles. The van der Waals surface area contributed by atoms with Crippen molar-refractivity contribution in [2.45, 2.75) is 122 Å². The molecule has 11 heteroatoms. The zero-order valence-electron chi connectivity index (χ0n) is 28.9. The molecule has 1 amide bonds. The third-order valence-electron chi connectivity index (χ3n) is 7.47. The number of nitrogens with zero attached hydrogens (tertiary/aromatic N) is 1. The van der Waals surface area contributed by atoms with Crippen molar-refractivity contribution in [3.8, 4) is 0 Å². The summed E-state index contributed by atoms with van der Waals surface area (Å²) >= 11 is 1.53. The highest BCUT2D eigenvalue weighted by molar-refractivity contribution is 7.99. The smallest absolute Gasteiger partial charge is 0.409 e. The van der Waals surface area contributed by atoms with Crippen LogP contribution in [0.3, 0.4) is 0 Å². The number of benzene rings is 2. The van der Waals surface area contributed by atoms with Crippen LogP contribution in [0.25, 0.3) is 0 Å². The minimum absolute atomic E-state index is 0.124. The van der Waals surface area contributed by atoms with Crippen LogP contribution in [0.15, 0.2) is 64.4 Å². The standard InChI is InChI=1S/C34H53N2O7PS/c1-22(2)29(23(3)4)42-44(40,43-30(24(5)6)25(7)8)34(12,36(38)39)31(35-32(37)41-33(9,10)11)26-18-20-28(21-19-26)45-27-16-14-13-15-17-27/h13-25,29-31H,1-12H3,(H,35,37)/t31-,34+/m1/s1. The highest BCUT2D eigenvalue weighted by Crippen LogP contribution is 2.67. The van der Waals surface area contributed by atoms with Gasteiger partial charge in [-0.1, -0.05) is 97.5 Å². The number of rotatable bonds is 15. The molecule has 0 aliphatic rings. The Kier molecular flexibility index (Phi) is 13.7. The van der Waals surface area contributed by atoms with Gasteiger partial charge in [0.1, 0.15) is 11.6 Å². The second kappa shape index (κ2) is 15.9. The van der Waals surface area contributed by atoms with Gasteiger partial charge >= 0.3 is 19.0 Å². The Labute approximate surface area is 274 Å². The zero-order valence-corrected chi connectivity index (χ0v) is 30.6. The van der Waals surface area contributed by atoms with Crippen LogP contribution in [0.2, 0.25) is 0 Å². The van der Waals surface area contributed by atoms with Gasteiger partial charge in [0.2, 0.25) is 0 Å². The zero-order chi connectivity index (χ0) is 34.3. The average Bonchev–Trinajstić information content (AvgIpc) is 2.92. The van der Waals surface area contributed by atoms with Crippen LogP contribution < -0.4 is 5.32 Å². The molecule has 0 spiro atoms. The monoisotopic (exact) mass is 664 g/mol. The first-order chi connectivity index (χ1) is 20.7. The Bertz CT molecular complexity index is 1250. The minimum Gasteiger partial charge on any atom is -0.444 e. The molecule has 9 nitrogen and oxygen atoms in total. The van der Waals surface area contributed by atoms with E-state index in [1.165, 1.54) is 18.7 Å². The van der Waals surface area contributed by atoms with Crippen LogP contribution in [0.5, 0.6) is 0 Å². The molecule has 0 heterocycles. The predicted octanol–water partition coefficient (Wildman–Crippen LogP) is 9.98. The van der Waals surface area contributed by atoms with Crippen LogP contribution in [-0.4, -0.2) is 34.1 Å². The van der Waals surface area contributed by atoms with Gasteiger partial charge in [0.05, 0.1) is 12.2 Å². The third-order valence-corrected chi connectivity index (χ3v) is 11.1. The van der Waals surface area contributed by atoms with Crippen LogP contribution in [-0.2, 0) is 18.3 Å². The highest BCUT2D eigenvalue weighted by atomic mass is 32.2. The number of hydrogen-bond donors (Lipinski definition) is 1. The molecule has 2 aromatic carbocycles. The van der Waals surface area contributed by atoms with Gasteiger partial charge in [-0.05, 0) is 74.3 Å². The largest absolute Gasteiger partial charge is 0.444 e. The molecule has 1 N–H and O–H groups in total. The Balaban J connectivity index is 2.81. The lowest BCUT2D eigenvalue weighted by atomic mass is 9.97. The van der Waals surface area contributed by atoms with E-state index < -0.39 is 47.7 Å². The molecule has 0 bridgehead atoms. The number of alkyl carbamates (subject to hydrolysis) is 1. The molecule has 2 aromatic rings. The summed E-state index contributed by atoms with van der Waals surface area (Å²) in [6, 6.07) is 15.4. The van der Waals surface area contributed by atoms with Crippen LogP contribution in [0, 0.1) is 33.8 Å². The molecule has 2 rings (SSSR count). The molecule has 0 saturated carbocycles. The van der Waals surface area contributed by atoms with Crippen molar-refractivity contribution in [1.82, 2.24) is 5.32 Å². The maximum absolute atomic E-state index is 15.4. The number of nitrogens with one attached hydrogen (secondary N) is 1. The molecule has 252 valence electrons. The van der Waals surface area contributed by atoms with E-state index in [2.05, 4.69) is 5.32 Å². The van der Waals surface area contributed by atoms with Crippen molar-refractivity contribution in [1.29, 1.82) is 0 Å². The second-order valence-electron chi connectivity index (χ2n) is 14.0. The quantitative estimate of drug-likeness (QED) is 0.114. The summed E-state index contributed by atoms with van der Waals surface area (Å²) in [6.07, 6.45) is -2.13. The van der Waals surface area contributed by atoms with Crippen molar-refractivity contribution < 1.29 is 28.1 Å². The van der Waals surface area contributed by atoms with Gasteiger partial charge in [0.15, 0.2) is 0 Å². The van der Waals surface area contributed by atoms with E-state index in [0.29, 0.717) is 5.56 Å². The fraction of sp³-hybridized carbons (Fsp3) is 0.618. The minimum atomic E-state index is -4.70. The predicted molar refractivity (Wildman–Crippen MR) is 181 cm³/mol. The first kappa shape index (κ1) is 38.8. The van der Waals surface area contributed by atoms with Gasteiger partial charge < -0.3 is 10.1 Å². The summed E-state index contributed by atoms with van der Waals surface area (Å²) in [5.41, 5.74) is -0.519. The molecular weight excluding hydrogens is 611 g/mol. The summed E-state index contributed by atoms with van der Waals surface area (Å²) < 4.78 is 33.8. The Morgan fingerprint density at radius 3 is 1.58 bits per heavy atom. The Morgan fingerprint density at radius 2 is 1.20 bits per heavy atom. The lowest BCUT2D eigenvalue weighted by Gasteiger charge is -2.41. The normalized spacial score (nSPS) is 14.8. The van der Waals surface area contributed by atoms with Crippen LogP contribution in [0.4, 0.5) is 4.79 Å². The molecule has 45 heavy (non-hydrogen) atoms. The highest BCUT2D eigenvalue weighted by Gasteiger charge is 2.66. The van der Waals surface area contributed by atoms with Gasteiger partial charge in [-0.25, -0.2) is 4.79 Å². The van der Waals surface area contributed by atoms with Crippen LogP contribution >= 0.6 is 19.4 Å². The molecule has 0 aliphatic heterocycles. The van der Waals surface area contributed by atoms with Crippen molar-refractivity contribution >= 4 is 25.5 Å². The lowest BCUT2D eigenvalue weighted by Crippen LogP contribution is -2.52. The van der Waals surface area contributed by atoms with Gasteiger partial charge in [-0.2, -0.15) is 0 Å². The first-order valence-electron chi connectivity index (χ1n) is 15.7. The maximum Gasteiger partial charge on any atom is 0.409 e. The summed E-state index contributed by atoms with van der Waals surface area (Å²) in [7, 11) is -4.70. The van der Waals surface area contributed by atoms with E-state index in [1.54, 1.807) is 32.9 Å². The van der Waals surface area contributed by atoms with Gasteiger partial charge in [-0.15, -0.1) is 0 Å². The van der Waals surface area contributed by atoms with Gasteiger partial charge in [-0.3, -0.25) is 23.7 Å². The van der Waals surface area contributed by atoms with Crippen LogP contribution in [0.1, 0.15) is 94.7 Å². The first-order valence-corrected chi connectivity index (χ1v) is 18.0. The summed E-state index contributed by atoms with van der Waals surface area (Å²) in [5, 5.41) is 13.6. The van der Waals surface area contributed by atoms with Gasteiger partial charge in [0, 0.05) is 21.6 Å². The molecule has 0 aromatic heterocycles. The Hall–Kier alpha value is -2.39. The van der Waals surface area contributed by atoms with Gasteiger partial charge in [0.25, 0.3) is 0 Å². The van der Waals surface area contributed by atoms with Crippen molar-refractivity contribution in [2.75, 3.05) is 0 Å². The van der Waals surface area contributed by atoms with Crippen molar-refractivity contribution in [3.63, 3.8) is 0 Å². The molecular formula is C34H53N2O7PS. The van der Waals surface area contributed by atoms with E-state index in [9.17, 15) is 14.9 Å². The lowest BCUT2D eigenvalue weighted by molar-refractivity contribution is -0.546. The van der Waals surface area contributed by atoms with E-state index in [-0.39, 0.29) is 23.7 Å². The molecule has 0 saturated heterocycles. The second-order valence-corrected chi connectivity index (χ2v) is 17.5. The number of hydrogen-bond acceptors (Lipinski definition) is 8. The van der Waals surface area contributed by atoms with Crippen molar-refractivity contribution in [2.24, 2.45) is 23.7 Å². The number of carbonyl (C=O) groups is 1. The fourth-order valence-corrected chi connectivity index (χ4v) is 8.92. The van der Waals surface area contributed by atoms with E-state index in [4.69, 9.17) is 13.8 Å². The number of amides is 1. The van der Waals surface area contributed by atoms with E-state index in [0.717, 1.165) is 9.79 Å². The number of carbonyl (C=O) groups excluding carboxylic acids is 1. The molecule has 0 radical (unpaired) electrons. The molecule has 0 fully saturated rings. The summed E-state index contributed by atoms with van der Waals surface area (Å²) in [6.45, 7) is 21.7. The number of nitro groups is 1. The summed E-state index contributed by atoms with van der Waals surface area (Å²) in [5.74, 6) is -0.496. The average molecular weight is 665 g/mol. The molecule has 0 unspecified atom stereocenters. The SMILES string of the molecule is CC(C)C(OP(=O)(OC(C(C)C)C(C)C)[C@@](C)([C@H](NC(=O)OC(C)(C)C)c1ccc(Sc2ccccc2)cc1)[N+](=O)[O-])C(C)C. The topological polar surface area (TPSA) is 117 Å².